The Kier molecular flexibility index (Phi) is 8.99. The zero-order valence-electron chi connectivity index (χ0n) is 17.1. The summed E-state index contributed by atoms with van der Waals surface area (Å²) in [5.41, 5.74) is 6.14. The molecule has 0 aromatic rings. The summed E-state index contributed by atoms with van der Waals surface area (Å²) in [6.45, 7) is 13.1. The van der Waals surface area contributed by atoms with Crippen LogP contribution in [0.4, 0.5) is 4.79 Å². The van der Waals surface area contributed by atoms with Gasteiger partial charge in [-0.25, -0.2) is 9.59 Å². The highest BCUT2D eigenvalue weighted by Gasteiger charge is 2.36. The number of nitrogens with two attached hydrogens (primary N) is 1. The normalized spacial score (nSPS) is 22.8. The van der Waals surface area contributed by atoms with Crippen molar-refractivity contribution in [3.05, 3.63) is 24.3 Å². The SMILES string of the molecule is C=CCOC(=O)C1=C[C@@H](OC(CC)CC)[C@H](N)[C@@H](NC(=O)OC(C)(C)C)C1. The molecule has 3 atom stereocenters. The molecular weight excluding hydrogens is 348 g/mol. The minimum absolute atomic E-state index is 0.0167. The predicted molar refractivity (Wildman–Crippen MR) is 104 cm³/mol. The number of amides is 1. The quantitative estimate of drug-likeness (QED) is 0.495. The van der Waals surface area contributed by atoms with E-state index in [1.54, 1.807) is 26.8 Å². The lowest BCUT2D eigenvalue weighted by molar-refractivity contribution is -0.138. The molecule has 0 saturated carbocycles. The van der Waals surface area contributed by atoms with Gasteiger partial charge >= 0.3 is 12.1 Å². The van der Waals surface area contributed by atoms with Crippen molar-refractivity contribution in [3.63, 3.8) is 0 Å². The third-order valence-corrected chi connectivity index (χ3v) is 4.21. The molecule has 1 amide bonds. The highest BCUT2D eigenvalue weighted by Crippen LogP contribution is 2.24. The molecule has 0 aromatic carbocycles. The first-order valence-electron chi connectivity index (χ1n) is 9.50. The van der Waals surface area contributed by atoms with Gasteiger partial charge in [-0.1, -0.05) is 26.5 Å². The summed E-state index contributed by atoms with van der Waals surface area (Å²) in [4.78, 5) is 24.5. The molecule has 154 valence electrons. The van der Waals surface area contributed by atoms with Gasteiger partial charge in [0.05, 0.1) is 24.3 Å². The van der Waals surface area contributed by atoms with Crippen LogP contribution in [0.5, 0.6) is 0 Å². The lowest BCUT2D eigenvalue weighted by Crippen LogP contribution is -2.57. The molecule has 1 aliphatic rings. The molecule has 0 spiro atoms. The molecule has 0 heterocycles. The Hall–Kier alpha value is -1.86. The third kappa shape index (κ3) is 7.72. The minimum Gasteiger partial charge on any atom is -0.458 e. The van der Waals surface area contributed by atoms with E-state index in [9.17, 15) is 9.59 Å². The van der Waals surface area contributed by atoms with E-state index in [0.717, 1.165) is 12.8 Å². The van der Waals surface area contributed by atoms with Gasteiger partial charge in [0, 0.05) is 12.0 Å². The van der Waals surface area contributed by atoms with Crippen LogP contribution in [0.1, 0.15) is 53.9 Å². The van der Waals surface area contributed by atoms with Crippen LogP contribution in [0.25, 0.3) is 0 Å². The molecule has 0 radical (unpaired) electrons. The molecule has 7 heteroatoms. The van der Waals surface area contributed by atoms with Crippen LogP contribution in [0, 0.1) is 0 Å². The molecular formula is C20H34N2O5. The summed E-state index contributed by atoms with van der Waals surface area (Å²) in [5, 5.41) is 2.77. The maximum absolute atomic E-state index is 12.3. The predicted octanol–water partition coefficient (Wildman–Crippen LogP) is 2.84. The van der Waals surface area contributed by atoms with Gasteiger partial charge in [-0.2, -0.15) is 0 Å². The Morgan fingerprint density at radius 3 is 2.52 bits per heavy atom. The van der Waals surface area contributed by atoms with Crippen molar-refractivity contribution >= 4 is 12.1 Å². The molecule has 1 rings (SSSR count). The van der Waals surface area contributed by atoms with Crippen molar-refractivity contribution < 1.29 is 23.8 Å². The lowest BCUT2D eigenvalue weighted by Gasteiger charge is -2.36. The number of carbonyl (C=O) groups is 2. The fourth-order valence-corrected chi connectivity index (χ4v) is 2.80. The van der Waals surface area contributed by atoms with Crippen molar-refractivity contribution in [1.29, 1.82) is 0 Å². The van der Waals surface area contributed by atoms with Gasteiger partial charge in [0.2, 0.25) is 0 Å². The van der Waals surface area contributed by atoms with Gasteiger partial charge in [-0.05, 0) is 39.7 Å². The average molecular weight is 383 g/mol. The Bertz CT molecular complexity index is 549. The van der Waals surface area contributed by atoms with Gasteiger partial charge < -0.3 is 25.3 Å². The largest absolute Gasteiger partial charge is 0.458 e. The summed E-state index contributed by atoms with van der Waals surface area (Å²) in [7, 11) is 0. The standard InChI is InChI=1S/C20H34N2O5/c1-7-10-25-18(23)13-11-15(22-19(24)27-20(4,5)6)17(21)16(12-13)26-14(8-2)9-3/h7,12,14-17H,1,8-11,21H2,2-6H3,(H,22,24)/t15-,16+,17+/m0/s1. The minimum atomic E-state index is -0.629. The first-order chi connectivity index (χ1) is 12.6. The molecule has 0 aromatic heterocycles. The first-order valence-corrected chi connectivity index (χ1v) is 9.50. The zero-order valence-corrected chi connectivity index (χ0v) is 17.1. The molecule has 27 heavy (non-hydrogen) atoms. The molecule has 0 aliphatic heterocycles. The van der Waals surface area contributed by atoms with Gasteiger partial charge in [0.25, 0.3) is 0 Å². The smallest absolute Gasteiger partial charge is 0.407 e. The van der Waals surface area contributed by atoms with Crippen molar-refractivity contribution in [1.82, 2.24) is 5.32 Å². The van der Waals surface area contributed by atoms with E-state index in [4.69, 9.17) is 19.9 Å². The number of alkyl carbamates (subject to hydrolysis) is 1. The van der Waals surface area contributed by atoms with Gasteiger partial charge in [-0.3, -0.25) is 0 Å². The zero-order chi connectivity index (χ0) is 20.6. The molecule has 0 saturated heterocycles. The summed E-state index contributed by atoms with van der Waals surface area (Å²) in [6, 6.07) is -1.01. The maximum Gasteiger partial charge on any atom is 0.407 e. The van der Waals surface area contributed by atoms with Crippen LogP contribution in [0.3, 0.4) is 0 Å². The summed E-state index contributed by atoms with van der Waals surface area (Å²) < 4.78 is 16.5. The number of carbonyl (C=O) groups excluding carboxylic acids is 2. The molecule has 1 aliphatic carbocycles. The molecule has 0 bridgehead atoms. The van der Waals surface area contributed by atoms with E-state index in [2.05, 4.69) is 11.9 Å². The Morgan fingerprint density at radius 2 is 2.00 bits per heavy atom. The van der Waals surface area contributed by atoms with Crippen LogP contribution in [-0.2, 0) is 19.0 Å². The molecule has 3 N–H and O–H groups in total. The average Bonchev–Trinajstić information content (AvgIpc) is 2.58. The van der Waals surface area contributed by atoms with E-state index in [1.807, 2.05) is 13.8 Å². The Morgan fingerprint density at radius 1 is 1.37 bits per heavy atom. The fraction of sp³-hybridized carbons (Fsp3) is 0.700. The van der Waals surface area contributed by atoms with Gasteiger partial charge in [-0.15, -0.1) is 0 Å². The van der Waals surface area contributed by atoms with Crippen LogP contribution < -0.4 is 11.1 Å². The molecule has 7 nitrogen and oxygen atoms in total. The number of esters is 1. The maximum atomic E-state index is 12.3. The highest BCUT2D eigenvalue weighted by molar-refractivity contribution is 5.89. The van der Waals surface area contributed by atoms with E-state index in [1.165, 1.54) is 6.08 Å². The van der Waals surface area contributed by atoms with E-state index in [-0.39, 0.29) is 19.1 Å². The highest BCUT2D eigenvalue weighted by atomic mass is 16.6. The van der Waals surface area contributed by atoms with Gasteiger partial charge in [0.15, 0.2) is 0 Å². The van der Waals surface area contributed by atoms with Crippen molar-refractivity contribution in [2.45, 2.75) is 83.8 Å². The molecule has 0 fully saturated rings. The third-order valence-electron chi connectivity index (χ3n) is 4.21. The summed E-state index contributed by atoms with van der Waals surface area (Å²) >= 11 is 0. The number of rotatable bonds is 8. The van der Waals surface area contributed by atoms with Crippen molar-refractivity contribution in [2.75, 3.05) is 6.61 Å². The summed E-state index contributed by atoms with van der Waals surface area (Å²) in [5.74, 6) is -0.462. The topological polar surface area (TPSA) is 99.9 Å². The number of hydrogen-bond donors (Lipinski definition) is 2. The summed E-state index contributed by atoms with van der Waals surface area (Å²) in [6.07, 6.45) is 4.05. The second-order valence-electron chi connectivity index (χ2n) is 7.65. The second kappa shape index (κ2) is 10.5. The monoisotopic (exact) mass is 382 g/mol. The van der Waals surface area contributed by atoms with Crippen LogP contribution in [-0.4, -0.2) is 48.6 Å². The Balaban J connectivity index is 2.97. The van der Waals surface area contributed by atoms with Crippen LogP contribution in [0.15, 0.2) is 24.3 Å². The number of ether oxygens (including phenoxy) is 3. The number of hydrogen-bond acceptors (Lipinski definition) is 6. The van der Waals surface area contributed by atoms with Crippen molar-refractivity contribution in [2.24, 2.45) is 5.73 Å². The van der Waals surface area contributed by atoms with Crippen LogP contribution >= 0.6 is 0 Å². The number of nitrogens with one attached hydrogen (secondary N) is 1. The van der Waals surface area contributed by atoms with Crippen LogP contribution in [0.2, 0.25) is 0 Å². The first kappa shape index (κ1) is 23.2. The fourth-order valence-electron chi connectivity index (χ4n) is 2.80. The van der Waals surface area contributed by atoms with Gasteiger partial charge in [0.1, 0.15) is 12.2 Å². The van der Waals surface area contributed by atoms with E-state index in [0.29, 0.717) is 5.57 Å². The van der Waals surface area contributed by atoms with E-state index >= 15 is 0 Å². The lowest BCUT2D eigenvalue weighted by atomic mass is 9.88. The van der Waals surface area contributed by atoms with Crippen molar-refractivity contribution in [3.8, 4) is 0 Å². The van der Waals surface area contributed by atoms with E-state index < -0.39 is 35.9 Å². The Labute approximate surface area is 162 Å². The molecule has 0 unspecified atom stereocenters. The second-order valence-corrected chi connectivity index (χ2v) is 7.65.